The van der Waals surface area contributed by atoms with E-state index < -0.39 is 12.5 Å². The highest BCUT2D eigenvalue weighted by atomic mass is 19.3. The van der Waals surface area contributed by atoms with E-state index in [0.717, 1.165) is 37.8 Å². The zero-order valence-corrected chi connectivity index (χ0v) is 16.7. The van der Waals surface area contributed by atoms with Gasteiger partial charge in [-0.25, -0.2) is 0 Å². The normalized spacial score (nSPS) is 21.3. The van der Waals surface area contributed by atoms with Gasteiger partial charge in [0.2, 0.25) is 0 Å². The van der Waals surface area contributed by atoms with Crippen molar-refractivity contribution in [3.8, 4) is 11.5 Å². The lowest BCUT2D eigenvalue weighted by Crippen LogP contribution is -2.48. The maximum Gasteiger partial charge on any atom is 0.387 e. The number of carbonyl (C=O) groups is 1. The van der Waals surface area contributed by atoms with E-state index in [9.17, 15) is 13.6 Å². The average molecular weight is 416 g/mol. The minimum atomic E-state index is -3.01. The molecular formula is C23H26F2N2O3. The topological polar surface area (TPSA) is 59.6 Å². The molecule has 2 aromatic carbocycles. The predicted octanol–water partition coefficient (Wildman–Crippen LogP) is 4.30. The summed E-state index contributed by atoms with van der Waals surface area (Å²) < 4.78 is 36.1. The van der Waals surface area contributed by atoms with E-state index in [1.807, 2.05) is 30.3 Å². The number of rotatable bonds is 8. The van der Waals surface area contributed by atoms with Gasteiger partial charge in [-0.3, -0.25) is 4.79 Å². The molecule has 1 aliphatic heterocycles. The van der Waals surface area contributed by atoms with Gasteiger partial charge in [-0.1, -0.05) is 30.3 Å². The van der Waals surface area contributed by atoms with E-state index >= 15 is 0 Å². The third-order valence-electron chi connectivity index (χ3n) is 5.53. The Morgan fingerprint density at radius 1 is 1.13 bits per heavy atom. The van der Waals surface area contributed by atoms with Crippen molar-refractivity contribution < 1.29 is 23.0 Å². The van der Waals surface area contributed by atoms with Crippen LogP contribution in [0.3, 0.4) is 0 Å². The van der Waals surface area contributed by atoms with E-state index in [0.29, 0.717) is 18.3 Å². The summed E-state index contributed by atoms with van der Waals surface area (Å²) in [6, 6.07) is 14.1. The Hall–Kier alpha value is -2.67. The summed E-state index contributed by atoms with van der Waals surface area (Å²) >= 11 is 0. The molecule has 7 heteroatoms. The molecule has 2 atom stereocenters. The first kappa shape index (κ1) is 20.6. The fraction of sp³-hybridized carbons (Fsp3) is 0.435. The van der Waals surface area contributed by atoms with Crippen molar-refractivity contribution in [2.45, 2.75) is 44.4 Å². The number of ether oxygens (including phenoxy) is 2. The first-order valence-electron chi connectivity index (χ1n) is 10.4. The van der Waals surface area contributed by atoms with Crippen LogP contribution in [0.15, 0.2) is 48.5 Å². The van der Waals surface area contributed by atoms with Crippen LogP contribution in [0.1, 0.15) is 47.6 Å². The summed E-state index contributed by atoms with van der Waals surface area (Å²) in [5, 5.41) is 6.47. The molecule has 2 fully saturated rings. The van der Waals surface area contributed by atoms with Crippen molar-refractivity contribution in [3.05, 3.63) is 59.7 Å². The fourth-order valence-electron chi connectivity index (χ4n) is 3.77. The summed E-state index contributed by atoms with van der Waals surface area (Å²) in [7, 11) is 0. The number of alkyl halides is 2. The zero-order chi connectivity index (χ0) is 20.9. The monoisotopic (exact) mass is 416 g/mol. The van der Waals surface area contributed by atoms with Crippen LogP contribution in [-0.2, 0) is 0 Å². The second kappa shape index (κ2) is 9.43. The third kappa shape index (κ3) is 5.27. The van der Waals surface area contributed by atoms with Gasteiger partial charge in [0.15, 0.2) is 0 Å². The first-order chi connectivity index (χ1) is 14.6. The molecule has 0 spiro atoms. The van der Waals surface area contributed by atoms with Crippen molar-refractivity contribution in [1.29, 1.82) is 0 Å². The van der Waals surface area contributed by atoms with E-state index in [-0.39, 0.29) is 23.4 Å². The molecule has 5 nitrogen and oxygen atoms in total. The molecule has 30 heavy (non-hydrogen) atoms. The summed E-state index contributed by atoms with van der Waals surface area (Å²) in [4.78, 5) is 13.1. The number of halogens is 2. The van der Waals surface area contributed by atoms with Crippen LogP contribution < -0.4 is 20.1 Å². The highest BCUT2D eigenvalue weighted by Gasteiger charge is 2.29. The van der Waals surface area contributed by atoms with Crippen LogP contribution in [0.5, 0.6) is 11.5 Å². The number of benzene rings is 2. The standard InChI is InChI=1S/C23H26F2N2O3/c24-23(25)30-20-11-10-17(29-14-15-8-9-15)13-18(20)22(28)27-19-7-4-12-26-21(19)16-5-2-1-3-6-16/h1-3,5-6,10-11,13,15,19,21,23,26H,4,7-9,12,14H2,(H,27,28). The Kier molecular flexibility index (Phi) is 6.47. The van der Waals surface area contributed by atoms with Gasteiger partial charge in [0.25, 0.3) is 5.91 Å². The average Bonchev–Trinajstić information content (AvgIpc) is 3.58. The molecule has 2 N–H and O–H groups in total. The smallest absolute Gasteiger partial charge is 0.387 e. The molecule has 2 unspecified atom stereocenters. The third-order valence-corrected chi connectivity index (χ3v) is 5.53. The molecule has 1 amide bonds. The maximum atomic E-state index is 13.1. The molecule has 2 aromatic rings. The molecule has 1 saturated heterocycles. The van der Waals surface area contributed by atoms with Gasteiger partial charge in [-0.15, -0.1) is 0 Å². The van der Waals surface area contributed by atoms with Crippen LogP contribution in [0.2, 0.25) is 0 Å². The summed E-state index contributed by atoms with van der Waals surface area (Å²) in [6.45, 7) is -1.59. The van der Waals surface area contributed by atoms with Crippen LogP contribution >= 0.6 is 0 Å². The SMILES string of the molecule is O=C(NC1CCCNC1c1ccccc1)c1cc(OCC2CC2)ccc1OC(F)F. The van der Waals surface area contributed by atoms with Gasteiger partial charge >= 0.3 is 6.61 Å². The highest BCUT2D eigenvalue weighted by Crippen LogP contribution is 2.32. The Morgan fingerprint density at radius 3 is 2.67 bits per heavy atom. The molecule has 2 aliphatic rings. The summed E-state index contributed by atoms with van der Waals surface area (Å²) in [5.74, 6) is 0.424. The van der Waals surface area contributed by atoms with Crippen molar-refractivity contribution in [2.24, 2.45) is 5.92 Å². The van der Waals surface area contributed by atoms with Gasteiger partial charge in [-0.2, -0.15) is 8.78 Å². The Labute approximate surface area is 174 Å². The lowest BCUT2D eigenvalue weighted by Gasteiger charge is -2.33. The molecule has 4 rings (SSSR count). The highest BCUT2D eigenvalue weighted by molar-refractivity contribution is 5.97. The van der Waals surface area contributed by atoms with Crippen molar-refractivity contribution >= 4 is 5.91 Å². The van der Waals surface area contributed by atoms with Gasteiger partial charge in [0, 0.05) is 6.04 Å². The lowest BCUT2D eigenvalue weighted by atomic mass is 9.92. The van der Waals surface area contributed by atoms with Crippen LogP contribution in [0.25, 0.3) is 0 Å². The van der Waals surface area contributed by atoms with E-state index in [2.05, 4.69) is 15.4 Å². The largest absolute Gasteiger partial charge is 0.493 e. The Bertz CT molecular complexity index is 859. The number of amides is 1. The Morgan fingerprint density at radius 2 is 1.93 bits per heavy atom. The molecule has 0 aromatic heterocycles. The van der Waals surface area contributed by atoms with Gasteiger partial charge < -0.3 is 20.1 Å². The number of carbonyl (C=O) groups excluding carboxylic acids is 1. The molecule has 1 saturated carbocycles. The minimum absolute atomic E-state index is 0.0438. The van der Waals surface area contributed by atoms with Crippen LogP contribution in [0, 0.1) is 5.92 Å². The zero-order valence-electron chi connectivity index (χ0n) is 16.7. The van der Waals surface area contributed by atoms with Crippen molar-refractivity contribution in [3.63, 3.8) is 0 Å². The molecular weight excluding hydrogens is 390 g/mol. The second-order valence-corrected chi connectivity index (χ2v) is 7.86. The lowest BCUT2D eigenvalue weighted by molar-refractivity contribution is -0.0502. The minimum Gasteiger partial charge on any atom is -0.493 e. The quantitative estimate of drug-likeness (QED) is 0.674. The number of hydrogen-bond acceptors (Lipinski definition) is 4. The van der Waals surface area contributed by atoms with Gasteiger partial charge in [0.05, 0.1) is 18.2 Å². The molecule has 1 aliphatic carbocycles. The summed E-state index contributed by atoms with van der Waals surface area (Å²) in [6.07, 6.45) is 3.98. The van der Waals surface area contributed by atoms with Gasteiger partial charge in [0.1, 0.15) is 11.5 Å². The predicted molar refractivity (Wildman–Crippen MR) is 109 cm³/mol. The van der Waals surface area contributed by atoms with Crippen molar-refractivity contribution in [2.75, 3.05) is 13.2 Å². The second-order valence-electron chi connectivity index (χ2n) is 7.86. The first-order valence-corrected chi connectivity index (χ1v) is 10.4. The summed E-state index contributed by atoms with van der Waals surface area (Å²) in [5.41, 5.74) is 1.13. The molecule has 1 heterocycles. The number of piperidine rings is 1. The van der Waals surface area contributed by atoms with E-state index in [4.69, 9.17) is 4.74 Å². The van der Waals surface area contributed by atoms with E-state index in [1.165, 1.54) is 12.1 Å². The maximum absolute atomic E-state index is 13.1. The van der Waals surface area contributed by atoms with Crippen molar-refractivity contribution in [1.82, 2.24) is 10.6 Å². The van der Waals surface area contributed by atoms with Crippen LogP contribution in [0.4, 0.5) is 8.78 Å². The number of hydrogen-bond donors (Lipinski definition) is 2. The van der Waals surface area contributed by atoms with E-state index in [1.54, 1.807) is 6.07 Å². The molecule has 0 bridgehead atoms. The number of nitrogens with one attached hydrogen (secondary N) is 2. The van der Waals surface area contributed by atoms with Gasteiger partial charge in [-0.05, 0) is 61.9 Å². The molecule has 160 valence electrons. The van der Waals surface area contributed by atoms with Crippen LogP contribution in [-0.4, -0.2) is 31.7 Å². The Balaban J connectivity index is 1.53. The molecule has 0 radical (unpaired) electrons. The fourth-order valence-corrected chi connectivity index (χ4v) is 3.77.